The van der Waals surface area contributed by atoms with Gasteiger partial charge in [-0.1, -0.05) is 36.4 Å². The highest BCUT2D eigenvalue weighted by Crippen LogP contribution is 2.48. The van der Waals surface area contributed by atoms with Gasteiger partial charge in [-0.15, -0.1) is 11.8 Å². The summed E-state index contributed by atoms with van der Waals surface area (Å²) in [7, 11) is 0. The van der Waals surface area contributed by atoms with Crippen molar-refractivity contribution in [2.75, 3.05) is 11.1 Å². The first kappa shape index (κ1) is 20.1. The van der Waals surface area contributed by atoms with Crippen molar-refractivity contribution in [3.8, 4) is 0 Å². The van der Waals surface area contributed by atoms with Crippen LogP contribution in [-0.2, 0) is 11.2 Å². The molecular formula is C26H26N2O2S. The normalized spacial score (nSPS) is 17.4. The van der Waals surface area contributed by atoms with E-state index in [0.29, 0.717) is 11.7 Å². The van der Waals surface area contributed by atoms with Crippen molar-refractivity contribution in [1.29, 1.82) is 0 Å². The number of fused-ring (bicyclic) bond motifs is 1. The lowest BCUT2D eigenvalue weighted by Gasteiger charge is -2.18. The lowest BCUT2D eigenvalue weighted by molar-refractivity contribution is -0.118. The minimum absolute atomic E-state index is 0.0727. The maximum atomic E-state index is 13.2. The zero-order valence-corrected chi connectivity index (χ0v) is 18.7. The van der Waals surface area contributed by atoms with Crippen LogP contribution in [-0.4, -0.2) is 16.2 Å². The molecule has 1 aromatic heterocycles. The van der Waals surface area contributed by atoms with Crippen LogP contribution in [0.5, 0.6) is 0 Å². The van der Waals surface area contributed by atoms with Gasteiger partial charge >= 0.3 is 0 Å². The molecule has 4 nitrogen and oxygen atoms in total. The number of aromatic nitrogens is 1. The fourth-order valence-corrected chi connectivity index (χ4v) is 5.79. The second-order valence-corrected chi connectivity index (χ2v) is 9.66. The first-order chi connectivity index (χ1) is 15.0. The average Bonchev–Trinajstić information content (AvgIpc) is 3.48. The van der Waals surface area contributed by atoms with Crippen molar-refractivity contribution in [1.82, 2.24) is 4.57 Å². The molecule has 5 heteroatoms. The third kappa shape index (κ3) is 3.94. The van der Waals surface area contributed by atoms with E-state index in [0.717, 1.165) is 35.5 Å². The Morgan fingerprint density at radius 1 is 1.06 bits per heavy atom. The Bertz CT molecular complexity index is 1210. The number of anilines is 1. The summed E-state index contributed by atoms with van der Waals surface area (Å²) in [5.41, 5.74) is 6.88. The number of amides is 1. The Balaban J connectivity index is 1.50. The summed E-state index contributed by atoms with van der Waals surface area (Å²) < 4.78 is 1.74. The fourth-order valence-electron chi connectivity index (χ4n) is 4.37. The van der Waals surface area contributed by atoms with Crippen molar-refractivity contribution in [2.45, 2.75) is 50.1 Å². The highest BCUT2D eigenvalue weighted by atomic mass is 32.2. The molecule has 0 bridgehead atoms. The van der Waals surface area contributed by atoms with Gasteiger partial charge in [-0.25, -0.2) is 0 Å². The summed E-state index contributed by atoms with van der Waals surface area (Å²) in [5, 5.41) is 3.97. The lowest BCUT2D eigenvalue weighted by Crippen LogP contribution is -2.33. The van der Waals surface area contributed by atoms with E-state index in [2.05, 4.69) is 37.4 Å². The van der Waals surface area contributed by atoms with E-state index in [1.54, 1.807) is 22.4 Å². The van der Waals surface area contributed by atoms with Gasteiger partial charge in [0.2, 0.25) is 5.91 Å². The van der Waals surface area contributed by atoms with Crippen LogP contribution in [0.25, 0.3) is 0 Å². The van der Waals surface area contributed by atoms with Crippen molar-refractivity contribution < 1.29 is 4.79 Å². The van der Waals surface area contributed by atoms with E-state index in [9.17, 15) is 9.59 Å². The molecule has 1 aliphatic heterocycles. The number of aryl methyl sites for hydroxylation is 2. The number of hydrogen-bond donors (Lipinski definition) is 1. The van der Waals surface area contributed by atoms with Crippen LogP contribution in [0.3, 0.4) is 0 Å². The summed E-state index contributed by atoms with van der Waals surface area (Å²) in [6.45, 7) is 4.25. The van der Waals surface area contributed by atoms with Crippen LogP contribution in [0.15, 0.2) is 64.4 Å². The van der Waals surface area contributed by atoms with Crippen LogP contribution in [0.4, 0.5) is 5.69 Å². The van der Waals surface area contributed by atoms with Gasteiger partial charge in [-0.05, 0) is 79.0 Å². The Morgan fingerprint density at radius 2 is 1.84 bits per heavy atom. The van der Waals surface area contributed by atoms with Gasteiger partial charge in [-0.2, -0.15) is 0 Å². The maximum absolute atomic E-state index is 13.2. The SMILES string of the molecule is Cc1ccc(Cc2cc(=O)n3c(c2C2CC2)SCC3C(=O)Nc2ccccc2)cc1C. The molecule has 2 aliphatic rings. The topological polar surface area (TPSA) is 51.1 Å². The average molecular weight is 431 g/mol. The Labute approximate surface area is 186 Å². The largest absolute Gasteiger partial charge is 0.324 e. The highest BCUT2D eigenvalue weighted by molar-refractivity contribution is 7.99. The summed E-state index contributed by atoms with van der Waals surface area (Å²) in [6.07, 6.45) is 3.08. The molecule has 158 valence electrons. The zero-order valence-electron chi connectivity index (χ0n) is 17.9. The molecule has 3 aromatic rings. The molecule has 1 aliphatic carbocycles. The number of carbonyl (C=O) groups excluding carboxylic acids is 1. The molecule has 1 atom stereocenters. The highest BCUT2D eigenvalue weighted by Gasteiger charge is 2.37. The molecule has 1 N–H and O–H groups in total. The van der Waals surface area contributed by atoms with Crippen LogP contribution >= 0.6 is 11.8 Å². The standard InChI is InChI=1S/C26H26N2O2S/c1-16-8-9-18(12-17(16)2)13-20-14-23(29)28-22(15-31-26(28)24(20)19-10-11-19)25(30)27-21-6-4-3-5-7-21/h3-9,12,14,19,22H,10-11,13,15H2,1-2H3,(H,27,30). The Hall–Kier alpha value is -2.79. The third-order valence-electron chi connectivity index (χ3n) is 6.32. The fraction of sp³-hybridized carbons (Fsp3) is 0.308. The minimum Gasteiger partial charge on any atom is -0.324 e. The molecule has 5 rings (SSSR count). The predicted molar refractivity (Wildman–Crippen MR) is 126 cm³/mol. The van der Waals surface area contributed by atoms with Gasteiger partial charge in [0.25, 0.3) is 5.56 Å². The van der Waals surface area contributed by atoms with Crippen LogP contribution in [0.2, 0.25) is 0 Å². The summed E-state index contributed by atoms with van der Waals surface area (Å²) in [5.74, 6) is 0.982. The Kier molecular flexibility index (Phi) is 5.22. The second kappa shape index (κ2) is 8.04. The zero-order chi connectivity index (χ0) is 21.5. The quantitative estimate of drug-likeness (QED) is 0.604. The number of para-hydroxylation sites is 1. The molecule has 1 fully saturated rings. The summed E-state index contributed by atoms with van der Waals surface area (Å²) >= 11 is 1.66. The smallest absolute Gasteiger partial charge is 0.252 e. The number of nitrogens with one attached hydrogen (secondary N) is 1. The molecule has 2 aromatic carbocycles. The van der Waals surface area contributed by atoms with Crippen molar-refractivity contribution in [3.63, 3.8) is 0 Å². The predicted octanol–water partition coefficient (Wildman–Crippen LogP) is 5.22. The van der Waals surface area contributed by atoms with Crippen molar-refractivity contribution in [2.24, 2.45) is 0 Å². The molecule has 0 spiro atoms. The van der Waals surface area contributed by atoms with E-state index >= 15 is 0 Å². The molecule has 31 heavy (non-hydrogen) atoms. The number of pyridine rings is 1. The van der Waals surface area contributed by atoms with Gasteiger partial charge in [0.05, 0.1) is 5.03 Å². The van der Waals surface area contributed by atoms with Crippen LogP contribution in [0.1, 0.15) is 52.6 Å². The van der Waals surface area contributed by atoms with Crippen LogP contribution in [0, 0.1) is 13.8 Å². The Morgan fingerprint density at radius 3 is 2.55 bits per heavy atom. The van der Waals surface area contributed by atoms with E-state index in [1.165, 1.54) is 22.3 Å². The molecule has 1 unspecified atom stereocenters. The molecule has 2 heterocycles. The molecular weight excluding hydrogens is 404 g/mol. The first-order valence-electron chi connectivity index (χ1n) is 10.8. The van der Waals surface area contributed by atoms with E-state index in [4.69, 9.17) is 0 Å². The van der Waals surface area contributed by atoms with Gasteiger partial charge in [0, 0.05) is 17.5 Å². The van der Waals surface area contributed by atoms with Crippen molar-refractivity contribution >= 4 is 23.4 Å². The number of thioether (sulfide) groups is 1. The molecule has 1 amide bonds. The monoisotopic (exact) mass is 430 g/mol. The number of benzene rings is 2. The van der Waals surface area contributed by atoms with E-state index < -0.39 is 6.04 Å². The van der Waals surface area contributed by atoms with Gasteiger partial charge in [0.15, 0.2) is 0 Å². The number of nitrogens with zero attached hydrogens (tertiary/aromatic N) is 1. The lowest BCUT2D eigenvalue weighted by atomic mass is 9.96. The van der Waals surface area contributed by atoms with Crippen LogP contribution < -0.4 is 10.9 Å². The molecule has 0 saturated heterocycles. The number of rotatable bonds is 5. The number of hydrogen-bond acceptors (Lipinski definition) is 3. The number of carbonyl (C=O) groups is 1. The summed E-state index contributed by atoms with van der Waals surface area (Å²) in [4.78, 5) is 26.2. The second-order valence-electron chi connectivity index (χ2n) is 8.65. The summed E-state index contributed by atoms with van der Waals surface area (Å²) in [6, 6.07) is 17.3. The third-order valence-corrected chi connectivity index (χ3v) is 7.49. The van der Waals surface area contributed by atoms with Gasteiger partial charge < -0.3 is 5.32 Å². The van der Waals surface area contributed by atoms with E-state index in [1.807, 2.05) is 30.3 Å². The molecule has 1 saturated carbocycles. The minimum atomic E-state index is -0.471. The van der Waals surface area contributed by atoms with E-state index in [-0.39, 0.29) is 11.5 Å². The maximum Gasteiger partial charge on any atom is 0.252 e. The van der Waals surface area contributed by atoms with Gasteiger partial charge in [0.1, 0.15) is 6.04 Å². The molecule has 0 radical (unpaired) electrons. The van der Waals surface area contributed by atoms with Gasteiger partial charge in [-0.3, -0.25) is 14.2 Å². The first-order valence-corrected chi connectivity index (χ1v) is 11.8. The van der Waals surface area contributed by atoms with Crippen molar-refractivity contribution in [3.05, 3.63) is 92.8 Å².